The Morgan fingerprint density at radius 2 is 2.22 bits per heavy atom. The van der Waals surface area contributed by atoms with E-state index in [1.54, 1.807) is 23.9 Å². The molecule has 0 radical (unpaired) electrons. The summed E-state index contributed by atoms with van der Waals surface area (Å²) in [4.78, 5) is 19.8. The Hall–Kier alpha value is -1.86. The molecular weight excluding hydrogens is 310 g/mol. The zero-order valence-electron chi connectivity index (χ0n) is 13.1. The summed E-state index contributed by atoms with van der Waals surface area (Å²) in [5.74, 6) is 0. The van der Waals surface area contributed by atoms with Gasteiger partial charge >= 0.3 is 6.03 Å². The van der Waals surface area contributed by atoms with Crippen molar-refractivity contribution in [1.82, 2.24) is 25.1 Å². The van der Waals surface area contributed by atoms with Crippen LogP contribution in [0.1, 0.15) is 23.8 Å². The topological polar surface area (TPSA) is 62.2 Å². The average Bonchev–Trinajstić information content (AvgIpc) is 3.31. The number of carbonyl (C=O) groups is 1. The number of nitrogens with one attached hydrogen (secondary N) is 2. The predicted molar refractivity (Wildman–Crippen MR) is 91.5 cm³/mol. The number of rotatable bonds is 7. The lowest BCUT2D eigenvalue weighted by atomic mass is 10.2. The molecule has 1 aliphatic heterocycles. The molecular formula is C16H23N5OS. The Bertz CT molecular complexity index is 578. The quantitative estimate of drug-likeness (QED) is 0.815. The third-order valence-corrected chi connectivity index (χ3v) is 5.10. The van der Waals surface area contributed by atoms with E-state index in [0.29, 0.717) is 13.1 Å². The second kappa shape index (κ2) is 8.12. The molecule has 1 atom stereocenters. The summed E-state index contributed by atoms with van der Waals surface area (Å²) in [5, 5.41) is 8.02. The van der Waals surface area contributed by atoms with E-state index in [-0.39, 0.29) is 12.1 Å². The van der Waals surface area contributed by atoms with Crippen LogP contribution in [0.25, 0.3) is 0 Å². The standard InChI is InChI=1S/C16H23N5OS/c22-16(18-6-10-20-9-5-17-13-20)19-12-14(15-4-3-11-23-15)21-7-1-2-8-21/h3-5,9,11,13-14H,1-2,6-8,10,12H2,(H2,18,19,22)/t14-/m0/s1. The van der Waals surface area contributed by atoms with Crippen LogP contribution in [0.15, 0.2) is 36.2 Å². The van der Waals surface area contributed by atoms with E-state index in [2.05, 4.69) is 38.0 Å². The average molecular weight is 333 g/mol. The summed E-state index contributed by atoms with van der Waals surface area (Å²) in [5.41, 5.74) is 0. The van der Waals surface area contributed by atoms with Crippen molar-refractivity contribution >= 4 is 17.4 Å². The van der Waals surface area contributed by atoms with E-state index in [1.165, 1.54) is 17.7 Å². The smallest absolute Gasteiger partial charge is 0.314 e. The lowest BCUT2D eigenvalue weighted by Crippen LogP contribution is -2.42. The van der Waals surface area contributed by atoms with E-state index < -0.39 is 0 Å². The third kappa shape index (κ3) is 4.56. The van der Waals surface area contributed by atoms with Gasteiger partial charge in [0.15, 0.2) is 0 Å². The van der Waals surface area contributed by atoms with Gasteiger partial charge in [0.25, 0.3) is 0 Å². The van der Waals surface area contributed by atoms with Gasteiger partial charge in [-0.2, -0.15) is 0 Å². The summed E-state index contributed by atoms with van der Waals surface area (Å²) in [7, 11) is 0. The van der Waals surface area contributed by atoms with Crippen LogP contribution in [0, 0.1) is 0 Å². The first kappa shape index (κ1) is 16.0. The fourth-order valence-corrected chi connectivity index (χ4v) is 3.77. The molecule has 0 bridgehead atoms. The van der Waals surface area contributed by atoms with Crippen LogP contribution in [0.4, 0.5) is 4.79 Å². The number of hydrogen-bond donors (Lipinski definition) is 2. The van der Waals surface area contributed by atoms with E-state index in [9.17, 15) is 4.79 Å². The number of imidazole rings is 1. The number of aromatic nitrogens is 2. The number of carbonyl (C=O) groups excluding carboxylic acids is 1. The van der Waals surface area contributed by atoms with Gasteiger partial charge in [0, 0.05) is 36.9 Å². The maximum absolute atomic E-state index is 12.0. The highest BCUT2D eigenvalue weighted by Crippen LogP contribution is 2.27. The fourth-order valence-electron chi connectivity index (χ4n) is 2.91. The van der Waals surface area contributed by atoms with Crippen LogP contribution in [0.3, 0.4) is 0 Å². The van der Waals surface area contributed by atoms with Crippen LogP contribution >= 0.6 is 11.3 Å². The molecule has 2 amide bonds. The van der Waals surface area contributed by atoms with E-state index in [4.69, 9.17) is 0 Å². The van der Waals surface area contributed by atoms with Gasteiger partial charge in [-0.05, 0) is 37.4 Å². The molecule has 3 rings (SSSR count). The van der Waals surface area contributed by atoms with Crippen molar-refractivity contribution in [2.75, 3.05) is 26.2 Å². The molecule has 2 aromatic heterocycles. The third-order valence-electron chi connectivity index (χ3n) is 4.12. The molecule has 1 fully saturated rings. The van der Waals surface area contributed by atoms with Gasteiger partial charge in [0.05, 0.1) is 12.4 Å². The lowest BCUT2D eigenvalue weighted by Gasteiger charge is -2.26. The van der Waals surface area contributed by atoms with Crippen molar-refractivity contribution < 1.29 is 4.79 Å². The highest BCUT2D eigenvalue weighted by molar-refractivity contribution is 7.10. The Morgan fingerprint density at radius 3 is 2.91 bits per heavy atom. The van der Waals surface area contributed by atoms with Gasteiger partial charge in [0.1, 0.15) is 0 Å². The lowest BCUT2D eigenvalue weighted by molar-refractivity contribution is 0.222. The second-order valence-corrected chi connectivity index (χ2v) is 6.69. The van der Waals surface area contributed by atoms with Gasteiger partial charge in [-0.3, -0.25) is 4.90 Å². The van der Waals surface area contributed by atoms with Crippen LogP contribution in [0.5, 0.6) is 0 Å². The minimum atomic E-state index is -0.106. The minimum Gasteiger partial charge on any atom is -0.336 e. The van der Waals surface area contributed by atoms with Crippen LogP contribution in [-0.4, -0.2) is 46.7 Å². The van der Waals surface area contributed by atoms with Crippen LogP contribution in [-0.2, 0) is 6.54 Å². The summed E-state index contributed by atoms with van der Waals surface area (Å²) < 4.78 is 1.94. The molecule has 1 saturated heterocycles. The van der Waals surface area contributed by atoms with E-state index >= 15 is 0 Å². The highest BCUT2D eigenvalue weighted by Gasteiger charge is 2.24. The van der Waals surface area contributed by atoms with Crippen molar-refractivity contribution in [2.24, 2.45) is 0 Å². The van der Waals surface area contributed by atoms with Crippen LogP contribution < -0.4 is 10.6 Å². The van der Waals surface area contributed by atoms with Crippen molar-refractivity contribution in [3.63, 3.8) is 0 Å². The van der Waals surface area contributed by atoms with Crippen molar-refractivity contribution in [3.05, 3.63) is 41.1 Å². The van der Waals surface area contributed by atoms with Crippen molar-refractivity contribution in [3.8, 4) is 0 Å². The van der Waals surface area contributed by atoms with Gasteiger partial charge in [-0.25, -0.2) is 9.78 Å². The molecule has 1 aliphatic rings. The number of amides is 2. The molecule has 6 nitrogen and oxygen atoms in total. The minimum absolute atomic E-state index is 0.106. The van der Waals surface area contributed by atoms with Gasteiger partial charge in [0.2, 0.25) is 0 Å². The van der Waals surface area contributed by atoms with Crippen molar-refractivity contribution in [2.45, 2.75) is 25.4 Å². The Kier molecular flexibility index (Phi) is 5.65. The normalized spacial score (nSPS) is 16.3. The molecule has 0 saturated carbocycles. The molecule has 23 heavy (non-hydrogen) atoms. The molecule has 2 N–H and O–H groups in total. The first-order valence-corrected chi connectivity index (χ1v) is 8.96. The maximum Gasteiger partial charge on any atom is 0.314 e. The second-order valence-electron chi connectivity index (χ2n) is 5.71. The van der Waals surface area contributed by atoms with Gasteiger partial charge in [-0.1, -0.05) is 6.07 Å². The number of urea groups is 1. The number of thiophene rings is 1. The number of hydrogen-bond acceptors (Lipinski definition) is 4. The van der Waals surface area contributed by atoms with E-state index in [0.717, 1.165) is 19.6 Å². The zero-order chi connectivity index (χ0) is 15.9. The predicted octanol–water partition coefficient (Wildman–Crippen LogP) is 2.08. The Labute approximate surface area is 140 Å². The zero-order valence-corrected chi connectivity index (χ0v) is 14.0. The summed E-state index contributed by atoms with van der Waals surface area (Å²) in [6.45, 7) is 4.21. The van der Waals surface area contributed by atoms with Crippen molar-refractivity contribution in [1.29, 1.82) is 0 Å². The number of likely N-dealkylation sites (tertiary alicyclic amines) is 1. The highest BCUT2D eigenvalue weighted by atomic mass is 32.1. The van der Waals surface area contributed by atoms with Gasteiger partial charge in [-0.15, -0.1) is 11.3 Å². The maximum atomic E-state index is 12.0. The monoisotopic (exact) mass is 333 g/mol. The first-order chi connectivity index (χ1) is 11.3. The Morgan fingerprint density at radius 1 is 1.35 bits per heavy atom. The fraction of sp³-hybridized carbons (Fsp3) is 0.500. The molecule has 0 aliphatic carbocycles. The first-order valence-electron chi connectivity index (χ1n) is 8.08. The SMILES string of the molecule is O=C(NCCn1ccnc1)NC[C@@H](c1cccs1)N1CCCC1. The molecule has 2 aromatic rings. The summed E-state index contributed by atoms with van der Waals surface area (Å²) in [6, 6.07) is 4.42. The van der Waals surface area contributed by atoms with E-state index in [1.807, 2.05) is 10.8 Å². The molecule has 124 valence electrons. The Balaban J connectivity index is 1.45. The molecule has 3 heterocycles. The largest absolute Gasteiger partial charge is 0.336 e. The van der Waals surface area contributed by atoms with Crippen LogP contribution in [0.2, 0.25) is 0 Å². The number of nitrogens with zero attached hydrogens (tertiary/aromatic N) is 3. The molecule has 7 heteroatoms. The molecule has 0 unspecified atom stereocenters. The molecule has 0 spiro atoms. The molecule has 0 aromatic carbocycles. The summed E-state index contributed by atoms with van der Waals surface area (Å²) >= 11 is 1.76. The summed E-state index contributed by atoms with van der Waals surface area (Å²) in [6.07, 6.45) is 7.87. The van der Waals surface area contributed by atoms with Gasteiger partial charge < -0.3 is 15.2 Å².